The highest BCUT2D eigenvalue weighted by Crippen LogP contribution is 2.35. The topological polar surface area (TPSA) is 30.5 Å². The van der Waals surface area contributed by atoms with Crippen molar-refractivity contribution in [3.05, 3.63) is 58.1 Å². The first-order chi connectivity index (χ1) is 10.7. The highest BCUT2D eigenvalue weighted by Gasteiger charge is 2.12. The summed E-state index contributed by atoms with van der Waals surface area (Å²) in [5.41, 5.74) is 2.43. The van der Waals surface area contributed by atoms with E-state index in [0.717, 1.165) is 40.9 Å². The Kier molecular flexibility index (Phi) is 6.74. The number of hydrogen-bond acceptors (Lipinski definition) is 3. The summed E-state index contributed by atoms with van der Waals surface area (Å²) < 4.78 is 12.4. The van der Waals surface area contributed by atoms with Crippen molar-refractivity contribution < 1.29 is 9.47 Å². The van der Waals surface area contributed by atoms with Gasteiger partial charge in [-0.1, -0.05) is 46.3 Å². The summed E-state index contributed by atoms with van der Waals surface area (Å²) >= 11 is 3.51. The van der Waals surface area contributed by atoms with Crippen molar-refractivity contribution in [3.63, 3.8) is 0 Å². The van der Waals surface area contributed by atoms with Crippen LogP contribution in [0.1, 0.15) is 17.5 Å². The summed E-state index contributed by atoms with van der Waals surface area (Å²) in [5.74, 6) is 1.59. The van der Waals surface area contributed by atoms with E-state index in [1.165, 1.54) is 5.56 Å². The Bertz CT molecular complexity index is 587. The van der Waals surface area contributed by atoms with Gasteiger partial charge in [0.2, 0.25) is 0 Å². The molecule has 0 aliphatic carbocycles. The van der Waals surface area contributed by atoms with Gasteiger partial charge in [-0.3, -0.25) is 0 Å². The molecule has 0 radical (unpaired) electrons. The molecule has 0 aliphatic rings. The Morgan fingerprint density at radius 1 is 1.14 bits per heavy atom. The van der Waals surface area contributed by atoms with Crippen LogP contribution in [0.3, 0.4) is 0 Å². The smallest absolute Gasteiger partial charge is 0.165 e. The standard InChI is InChI=1S/C18H22BrNO2/c1-20-13-15-11-16(19)12-17(21-2)18(15)22-10-6-9-14-7-4-3-5-8-14/h3-5,7-8,11-12,20H,6,9-10,13H2,1-2H3. The van der Waals surface area contributed by atoms with Gasteiger partial charge < -0.3 is 14.8 Å². The lowest BCUT2D eigenvalue weighted by Crippen LogP contribution is -2.09. The maximum absolute atomic E-state index is 6.00. The van der Waals surface area contributed by atoms with Crippen LogP contribution in [0.4, 0.5) is 0 Å². The molecule has 1 N–H and O–H groups in total. The molecular weight excluding hydrogens is 342 g/mol. The molecule has 4 heteroatoms. The third-order valence-electron chi connectivity index (χ3n) is 3.38. The van der Waals surface area contributed by atoms with E-state index >= 15 is 0 Å². The molecule has 2 aromatic rings. The van der Waals surface area contributed by atoms with Crippen molar-refractivity contribution in [3.8, 4) is 11.5 Å². The molecule has 0 spiro atoms. The molecule has 22 heavy (non-hydrogen) atoms. The van der Waals surface area contributed by atoms with Crippen LogP contribution >= 0.6 is 15.9 Å². The maximum atomic E-state index is 6.00. The first-order valence-corrected chi connectivity index (χ1v) is 8.21. The Labute approximate surface area is 140 Å². The number of benzene rings is 2. The molecule has 0 amide bonds. The second-order valence-corrected chi connectivity index (χ2v) is 5.98. The van der Waals surface area contributed by atoms with Gasteiger partial charge in [0.25, 0.3) is 0 Å². The monoisotopic (exact) mass is 363 g/mol. The lowest BCUT2D eigenvalue weighted by Gasteiger charge is -2.16. The second-order valence-electron chi connectivity index (χ2n) is 5.06. The minimum Gasteiger partial charge on any atom is -0.493 e. The van der Waals surface area contributed by atoms with Gasteiger partial charge in [-0.25, -0.2) is 0 Å². The first-order valence-electron chi connectivity index (χ1n) is 7.42. The Balaban J connectivity index is 1.99. The van der Waals surface area contributed by atoms with Gasteiger partial charge in [0.1, 0.15) is 0 Å². The van der Waals surface area contributed by atoms with Gasteiger partial charge in [-0.15, -0.1) is 0 Å². The highest BCUT2D eigenvalue weighted by atomic mass is 79.9. The maximum Gasteiger partial charge on any atom is 0.165 e. The fraction of sp³-hybridized carbons (Fsp3) is 0.333. The van der Waals surface area contributed by atoms with Crippen LogP contribution in [0.15, 0.2) is 46.9 Å². The zero-order valence-electron chi connectivity index (χ0n) is 13.1. The predicted octanol–water partition coefficient (Wildman–Crippen LogP) is 4.19. The van der Waals surface area contributed by atoms with E-state index in [-0.39, 0.29) is 0 Å². The molecule has 2 aromatic carbocycles. The van der Waals surface area contributed by atoms with Crippen molar-refractivity contribution in [1.82, 2.24) is 5.32 Å². The van der Waals surface area contributed by atoms with Gasteiger partial charge >= 0.3 is 0 Å². The summed E-state index contributed by atoms with van der Waals surface area (Å²) in [6.07, 6.45) is 1.99. The lowest BCUT2D eigenvalue weighted by molar-refractivity contribution is 0.286. The number of ether oxygens (including phenoxy) is 2. The van der Waals surface area contributed by atoms with Crippen LogP contribution in [0.2, 0.25) is 0 Å². The van der Waals surface area contributed by atoms with Crippen LogP contribution in [0.5, 0.6) is 11.5 Å². The van der Waals surface area contributed by atoms with E-state index in [9.17, 15) is 0 Å². The van der Waals surface area contributed by atoms with E-state index in [1.807, 2.05) is 19.2 Å². The van der Waals surface area contributed by atoms with E-state index in [4.69, 9.17) is 9.47 Å². The van der Waals surface area contributed by atoms with E-state index in [0.29, 0.717) is 6.61 Å². The van der Waals surface area contributed by atoms with E-state index in [1.54, 1.807) is 7.11 Å². The van der Waals surface area contributed by atoms with Gasteiger partial charge in [0, 0.05) is 16.6 Å². The van der Waals surface area contributed by atoms with E-state index in [2.05, 4.69) is 51.6 Å². The van der Waals surface area contributed by atoms with Crippen LogP contribution in [0, 0.1) is 0 Å². The summed E-state index contributed by atoms with van der Waals surface area (Å²) in [7, 11) is 3.59. The molecule has 3 nitrogen and oxygen atoms in total. The largest absolute Gasteiger partial charge is 0.493 e. The third-order valence-corrected chi connectivity index (χ3v) is 3.84. The average Bonchev–Trinajstić information content (AvgIpc) is 2.54. The van der Waals surface area contributed by atoms with Gasteiger partial charge in [0.15, 0.2) is 11.5 Å². The summed E-state index contributed by atoms with van der Waals surface area (Å²) in [5, 5.41) is 3.16. The van der Waals surface area contributed by atoms with Gasteiger partial charge in [-0.05, 0) is 37.6 Å². The first kappa shape index (κ1) is 16.8. The van der Waals surface area contributed by atoms with Crippen LogP contribution in [0.25, 0.3) is 0 Å². The molecule has 0 atom stereocenters. The number of methoxy groups -OCH3 is 1. The fourth-order valence-corrected chi connectivity index (χ4v) is 2.84. The van der Waals surface area contributed by atoms with Crippen LogP contribution in [-0.2, 0) is 13.0 Å². The predicted molar refractivity (Wildman–Crippen MR) is 93.7 cm³/mol. The zero-order valence-corrected chi connectivity index (χ0v) is 14.7. The SMILES string of the molecule is CNCc1cc(Br)cc(OC)c1OCCCc1ccccc1. The quantitative estimate of drug-likeness (QED) is 0.713. The Morgan fingerprint density at radius 3 is 2.59 bits per heavy atom. The highest BCUT2D eigenvalue weighted by molar-refractivity contribution is 9.10. The minimum absolute atomic E-state index is 0.670. The zero-order chi connectivity index (χ0) is 15.8. The molecular formula is C18H22BrNO2. The summed E-state index contributed by atoms with van der Waals surface area (Å²) in [4.78, 5) is 0. The number of rotatable bonds is 8. The normalized spacial score (nSPS) is 10.5. The summed E-state index contributed by atoms with van der Waals surface area (Å²) in [6, 6.07) is 14.5. The average molecular weight is 364 g/mol. The van der Waals surface area contributed by atoms with Crippen LogP contribution in [-0.4, -0.2) is 20.8 Å². The molecule has 0 bridgehead atoms. The lowest BCUT2D eigenvalue weighted by atomic mass is 10.1. The van der Waals surface area contributed by atoms with Crippen molar-refractivity contribution in [2.75, 3.05) is 20.8 Å². The second kappa shape index (κ2) is 8.81. The third kappa shape index (κ3) is 4.75. The number of halogens is 1. The van der Waals surface area contributed by atoms with Gasteiger partial charge in [-0.2, -0.15) is 0 Å². The Morgan fingerprint density at radius 2 is 1.91 bits per heavy atom. The minimum atomic E-state index is 0.670. The molecule has 0 saturated carbocycles. The summed E-state index contributed by atoms with van der Waals surface area (Å²) in [6.45, 7) is 1.41. The van der Waals surface area contributed by atoms with Crippen molar-refractivity contribution in [2.24, 2.45) is 0 Å². The number of nitrogens with one attached hydrogen (secondary N) is 1. The number of hydrogen-bond donors (Lipinski definition) is 1. The molecule has 0 aromatic heterocycles. The van der Waals surface area contributed by atoms with Gasteiger partial charge in [0.05, 0.1) is 13.7 Å². The van der Waals surface area contributed by atoms with Crippen molar-refractivity contribution in [1.29, 1.82) is 0 Å². The van der Waals surface area contributed by atoms with Crippen LogP contribution < -0.4 is 14.8 Å². The molecule has 0 saturated heterocycles. The molecule has 0 fully saturated rings. The Hall–Kier alpha value is -1.52. The number of aryl methyl sites for hydroxylation is 1. The molecule has 0 heterocycles. The molecule has 2 rings (SSSR count). The molecule has 0 aliphatic heterocycles. The van der Waals surface area contributed by atoms with E-state index < -0.39 is 0 Å². The fourth-order valence-electron chi connectivity index (χ4n) is 2.36. The molecule has 0 unspecified atom stereocenters. The van der Waals surface area contributed by atoms with Crippen molar-refractivity contribution in [2.45, 2.75) is 19.4 Å². The van der Waals surface area contributed by atoms with Crippen molar-refractivity contribution >= 4 is 15.9 Å². The molecule has 118 valence electrons.